The van der Waals surface area contributed by atoms with Crippen molar-refractivity contribution in [3.63, 3.8) is 0 Å². The van der Waals surface area contributed by atoms with Gasteiger partial charge in [0.25, 0.3) is 0 Å². The van der Waals surface area contributed by atoms with Gasteiger partial charge in [-0.2, -0.15) is 0 Å². The summed E-state index contributed by atoms with van der Waals surface area (Å²) in [5.41, 5.74) is 1.72. The molecule has 5 heteroatoms. The SMILES string of the molecule is COC(=O)C1CCN([C@@H](C)C(=O)c2c[nH]c3ccccc23)CC1. The van der Waals surface area contributed by atoms with Crippen molar-refractivity contribution < 1.29 is 14.3 Å². The van der Waals surface area contributed by atoms with E-state index < -0.39 is 0 Å². The van der Waals surface area contributed by atoms with Crippen LogP contribution in [0.1, 0.15) is 30.1 Å². The first-order valence-electron chi connectivity index (χ1n) is 8.04. The van der Waals surface area contributed by atoms with Gasteiger partial charge in [-0.3, -0.25) is 14.5 Å². The van der Waals surface area contributed by atoms with Gasteiger partial charge in [-0.25, -0.2) is 0 Å². The van der Waals surface area contributed by atoms with Gasteiger partial charge in [0, 0.05) is 22.7 Å². The van der Waals surface area contributed by atoms with Crippen molar-refractivity contribution >= 4 is 22.7 Å². The summed E-state index contributed by atoms with van der Waals surface area (Å²) >= 11 is 0. The monoisotopic (exact) mass is 314 g/mol. The fourth-order valence-corrected chi connectivity index (χ4v) is 3.36. The number of aromatic amines is 1. The van der Waals surface area contributed by atoms with E-state index >= 15 is 0 Å². The van der Waals surface area contributed by atoms with Crippen molar-refractivity contribution in [1.82, 2.24) is 9.88 Å². The Morgan fingerprint density at radius 3 is 2.65 bits per heavy atom. The molecule has 1 N–H and O–H groups in total. The molecule has 1 atom stereocenters. The van der Waals surface area contributed by atoms with E-state index in [1.54, 1.807) is 6.20 Å². The zero-order chi connectivity index (χ0) is 16.4. The van der Waals surface area contributed by atoms with E-state index in [0.29, 0.717) is 0 Å². The largest absolute Gasteiger partial charge is 0.469 e. The summed E-state index contributed by atoms with van der Waals surface area (Å²) in [6.07, 6.45) is 3.29. The maximum absolute atomic E-state index is 12.8. The van der Waals surface area contributed by atoms with Gasteiger partial charge in [0.05, 0.1) is 19.1 Å². The minimum atomic E-state index is -0.187. The number of carbonyl (C=O) groups is 2. The van der Waals surface area contributed by atoms with Gasteiger partial charge >= 0.3 is 5.97 Å². The van der Waals surface area contributed by atoms with Crippen molar-refractivity contribution in [2.75, 3.05) is 20.2 Å². The van der Waals surface area contributed by atoms with Gasteiger partial charge in [0.2, 0.25) is 0 Å². The third-order valence-corrected chi connectivity index (χ3v) is 4.85. The zero-order valence-electron chi connectivity index (χ0n) is 13.5. The maximum Gasteiger partial charge on any atom is 0.308 e. The summed E-state index contributed by atoms with van der Waals surface area (Å²) in [6, 6.07) is 7.65. The van der Waals surface area contributed by atoms with Crippen LogP contribution in [0.15, 0.2) is 30.5 Å². The molecule has 5 nitrogen and oxygen atoms in total. The van der Waals surface area contributed by atoms with Crippen LogP contribution in [-0.2, 0) is 9.53 Å². The number of fused-ring (bicyclic) bond motifs is 1. The number of benzene rings is 1. The lowest BCUT2D eigenvalue weighted by molar-refractivity contribution is -0.147. The molecule has 0 unspecified atom stereocenters. The van der Waals surface area contributed by atoms with Gasteiger partial charge in [0.1, 0.15) is 0 Å². The number of nitrogens with zero attached hydrogens (tertiary/aromatic N) is 1. The number of methoxy groups -OCH3 is 1. The standard InChI is InChI=1S/C18H22N2O3/c1-12(20-9-7-13(8-10-20)18(22)23-2)17(21)15-11-19-16-6-4-3-5-14(15)16/h3-6,11-13,19H,7-10H2,1-2H3/t12-/m0/s1. The zero-order valence-corrected chi connectivity index (χ0v) is 13.5. The number of likely N-dealkylation sites (tertiary alicyclic amines) is 1. The minimum Gasteiger partial charge on any atom is -0.469 e. The summed E-state index contributed by atoms with van der Waals surface area (Å²) in [6.45, 7) is 3.44. The van der Waals surface area contributed by atoms with E-state index in [1.807, 2.05) is 31.2 Å². The summed E-state index contributed by atoms with van der Waals surface area (Å²) < 4.78 is 4.81. The number of Topliss-reactive ketones (excluding diaryl/α,β-unsaturated/α-hetero) is 1. The first-order valence-corrected chi connectivity index (χ1v) is 8.04. The topological polar surface area (TPSA) is 62.4 Å². The van der Waals surface area contributed by atoms with Gasteiger partial charge in [-0.15, -0.1) is 0 Å². The van der Waals surface area contributed by atoms with E-state index in [9.17, 15) is 9.59 Å². The maximum atomic E-state index is 12.8. The number of ketones is 1. The normalized spacial score (nSPS) is 18.0. The van der Waals surface area contributed by atoms with Crippen molar-refractivity contribution in [1.29, 1.82) is 0 Å². The summed E-state index contributed by atoms with van der Waals surface area (Å²) in [5, 5.41) is 0.966. The van der Waals surface area contributed by atoms with Crippen LogP contribution < -0.4 is 0 Å². The highest BCUT2D eigenvalue weighted by Crippen LogP contribution is 2.24. The minimum absolute atomic E-state index is 0.0355. The van der Waals surface area contributed by atoms with Crippen LogP contribution in [0.3, 0.4) is 0 Å². The van der Waals surface area contributed by atoms with E-state index in [4.69, 9.17) is 4.74 Å². The molecule has 2 heterocycles. The number of esters is 1. The Kier molecular flexibility index (Phi) is 4.48. The highest BCUT2D eigenvalue weighted by molar-refractivity contribution is 6.10. The quantitative estimate of drug-likeness (QED) is 0.696. The Hall–Kier alpha value is -2.14. The van der Waals surface area contributed by atoms with Gasteiger partial charge < -0.3 is 9.72 Å². The number of rotatable bonds is 4. The van der Waals surface area contributed by atoms with E-state index in [-0.39, 0.29) is 23.7 Å². The molecule has 122 valence electrons. The number of hydrogen-bond donors (Lipinski definition) is 1. The van der Waals surface area contributed by atoms with E-state index in [0.717, 1.165) is 42.4 Å². The Morgan fingerprint density at radius 2 is 1.96 bits per heavy atom. The average molecular weight is 314 g/mol. The third kappa shape index (κ3) is 3.01. The second-order valence-corrected chi connectivity index (χ2v) is 6.12. The molecule has 0 spiro atoms. The summed E-state index contributed by atoms with van der Waals surface area (Å²) in [4.78, 5) is 29.7. The molecule has 1 aliphatic rings. The number of aromatic nitrogens is 1. The van der Waals surface area contributed by atoms with Crippen LogP contribution in [0.2, 0.25) is 0 Å². The Bertz CT molecular complexity index is 714. The number of ether oxygens (including phenoxy) is 1. The Balaban J connectivity index is 1.70. The molecule has 1 saturated heterocycles. The van der Waals surface area contributed by atoms with Crippen LogP contribution in [0.25, 0.3) is 10.9 Å². The molecule has 0 saturated carbocycles. The predicted molar refractivity (Wildman–Crippen MR) is 88.4 cm³/mol. The highest BCUT2D eigenvalue weighted by Gasteiger charge is 2.31. The molecule has 1 aromatic carbocycles. The molecule has 3 rings (SSSR count). The summed E-state index contributed by atoms with van der Waals surface area (Å²) in [7, 11) is 1.43. The lowest BCUT2D eigenvalue weighted by Crippen LogP contribution is -2.45. The number of hydrogen-bond acceptors (Lipinski definition) is 4. The molecular weight excluding hydrogens is 292 g/mol. The molecule has 1 fully saturated rings. The Morgan fingerprint density at radius 1 is 1.26 bits per heavy atom. The Labute approximate surface area is 135 Å². The van der Waals surface area contributed by atoms with Crippen LogP contribution in [0, 0.1) is 5.92 Å². The van der Waals surface area contributed by atoms with Crippen molar-refractivity contribution in [3.05, 3.63) is 36.0 Å². The fourth-order valence-electron chi connectivity index (χ4n) is 3.36. The van der Waals surface area contributed by atoms with Crippen LogP contribution in [0.5, 0.6) is 0 Å². The van der Waals surface area contributed by atoms with Crippen molar-refractivity contribution in [3.8, 4) is 0 Å². The van der Waals surface area contributed by atoms with E-state index in [1.165, 1.54) is 7.11 Å². The lowest BCUT2D eigenvalue weighted by atomic mass is 9.94. The van der Waals surface area contributed by atoms with Gasteiger partial charge in [0.15, 0.2) is 5.78 Å². The smallest absolute Gasteiger partial charge is 0.308 e. The van der Waals surface area contributed by atoms with Crippen LogP contribution >= 0.6 is 0 Å². The number of carbonyl (C=O) groups excluding carboxylic acids is 2. The molecule has 1 aliphatic heterocycles. The number of piperidine rings is 1. The number of nitrogens with one attached hydrogen (secondary N) is 1. The number of para-hydroxylation sites is 1. The number of H-pyrrole nitrogens is 1. The second kappa shape index (κ2) is 6.54. The van der Waals surface area contributed by atoms with Gasteiger partial charge in [-0.05, 0) is 38.9 Å². The fraction of sp³-hybridized carbons (Fsp3) is 0.444. The second-order valence-electron chi connectivity index (χ2n) is 6.12. The first kappa shape index (κ1) is 15.7. The lowest BCUT2D eigenvalue weighted by Gasteiger charge is -2.34. The van der Waals surface area contributed by atoms with Crippen LogP contribution in [-0.4, -0.2) is 47.9 Å². The van der Waals surface area contributed by atoms with Gasteiger partial charge in [-0.1, -0.05) is 18.2 Å². The summed E-state index contributed by atoms with van der Waals surface area (Å²) in [5.74, 6) is -0.0501. The van der Waals surface area contributed by atoms with Crippen molar-refractivity contribution in [2.24, 2.45) is 5.92 Å². The molecule has 23 heavy (non-hydrogen) atoms. The van der Waals surface area contributed by atoms with E-state index in [2.05, 4.69) is 9.88 Å². The predicted octanol–water partition coefficient (Wildman–Crippen LogP) is 2.62. The molecule has 2 aromatic rings. The molecular formula is C18H22N2O3. The average Bonchev–Trinajstić information content (AvgIpc) is 3.04. The molecule has 0 bridgehead atoms. The van der Waals surface area contributed by atoms with Crippen molar-refractivity contribution in [2.45, 2.75) is 25.8 Å². The molecule has 1 aromatic heterocycles. The highest BCUT2D eigenvalue weighted by atomic mass is 16.5. The molecule has 0 radical (unpaired) electrons. The van der Waals surface area contributed by atoms with Crippen LogP contribution in [0.4, 0.5) is 0 Å². The third-order valence-electron chi connectivity index (χ3n) is 4.85. The molecule has 0 aliphatic carbocycles. The molecule has 0 amide bonds. The first-order chi connectivity index (χ1) is 11.1.